The van der Waals surface area contributed by atoms with E-state index in [2.05, 4.69) is 0 Å². The van der Waals surface area contributed by atoms with Crippen molar-refractivity contribution in [3.05, 3.63) is 93.5 Å². The molecule has 0 aliphatic rings. The van der Waals surface area contributed by atoms with Gasteiger partial charge in [-0.05, 0) is 18.2 Å². The van der Waals surface area contributed by atoms with Crippen molar-refractivity contribution in [1.29, 1.82) is 0 Å². The maximum Gasteiger partial charge on any atom is 0.167 e. The minimum atomic E-state index is -1.33. The van der Waals surface area contributed by atoms with E-state index in [1.54, 1.807) is 30.3 Å². The number of hydrogen-bond acceptors (Lipinski definition) is 4. The van der Waals surface area contributed by atoms with Gasteiger partial charge in [0.1, 0.15) is 19.3 Å². The lowest BCUT2D eigenvalue weighted by atomic mass is 10.1. The summed E-state index contributed by atoms with van der Waals surface area (Å²) in [5, 5.41) is 11.2. The van der Waals surface area contributed by atoms with E-state index >= 15 is 0 Å². The van der Waals surface area contributed by atoms with Gasteiger partial charge < -0.3 is 19.4 Å². The summed E-state index contributed by atoms with van der Waals surface area (Å²) in [5.41, 5.74) is 1.90. The third-order valence-corrected chi connectivity index (χ3v) is 4.87. The van der Waals surface area contributed by atoms with Crippen molar-refractivity contribution in [2.75, 3.05) is 0 Å². The highest BCUT2D eigenvalue weighted by atomic mass is 35.5. The van der Waals surface area contributed by atoms with Crippen molar-refractivity contribution in [3.8, 4) is 11.5 Å². The van der Waals surface area contributed by atoms with E-state index in [1.165, 1.54) is 0 Å². The van der Waals surface area contributed by atoms with Gasteiger partial charge in [-0.15, -0.1) is 0 Å². The Bertz CT molecular complexity index is 959. The van der Waals surface area contributed by atoms with E-state index in [9.17, 15) is 9.90 Å². The van der Waals surface area contributed by atoms with Crippen LogP contribution in [0.3, 0.4) is 0 Å². The summed E-state index contributed by atoms with van der Waals surface area (Å²) in [4.78, 5) is 11.1. The number of ether oxygens (including phenoxy) is 2. The van der Waals surface area contributed by atoms with E-state index in [0.717, 1.165) is 11.1 Å². The summed E-state index contributed by atoms with van der Waals surface area (Å²) in [6.45, 7) is 0.369. The average molecular weight is 417 g/mol. The zero-order valence-corrected chi connectivity index (χ0v) is 16.4. The van der Waals surface area contributed by atoms with Gasteiger partial charge in [0.25, 0.3) is 0 Å². The molecule has 0 saturated carbocycles. The normalized spacial score (nSPS) is 11.7. The summed E-state index contributed by atoms with van der Waals surface area (Å²) in [6, 6.07) is 19.6. The summed E-state index contributed by atoms with van der Waals surface area (Å²) in [7, 11) is 0. The molecule has 0 fully saturated rings. The second-order valence-corrected chi connectivity index (χ2v) is 6.83. The van der Waals surface area contributed by atoms with Crippen LogP contribution in [0.4, 0.5) is 0 Å². The van der Waals surface area contributed by atoms with Crippen LogP contribution in [0, 0.1) is 0 Å². The Hall–Kier alpha value is -2.53. The Kier molecular flexibility index (Phi) is 6.93. The van der Waals surface area contributed by atoms with Crippen LogP contribution in [-0.4, -0.2) is 11.4 Å². The third-order valence-electron chi connectivity index (χ3n) is 4.13. The molecule has 3 rings (SSSR count). The maximum atomic E-state index is 11.1. The van der Waals surface area contributed by atoms with E-state index in [1.807, 2.05) is 36.4 Å². The number of benzene rings is 3. The predicted octanol–water partition coefficient (Wildman–Crippen LogP) is 5.38. The van der Waals surface area contributed by atoms with E-state index in [-0.39, 0.29) is 19.0 Å². The van der Waals surface area contributed by atoms with Gasteiger partial charge in [-0.1, -0.05) is 71.7 Å². The van der Waals surface area contributed by atoms with Crippen LogP contribution < -0.4 is 9.47 Å². The molecule has 0 radical (unpaired) electrons. The van der Waals surface area contributed by atoms with Gasteiger partial charge in [0.2, 0.25) is 0 Å². The minimum Gasteiger partial charge on any atom is -0.485 e. The molecule has 0 bridgehead atoms. The molecule has 144 valence electrons. The van der Waals surface area contributed by atoms with Crippen LogP contribution in [0.15, 0.2) is 66.7 Å². The first-order chi connectivity index (χ1) is 13.6. The molecular formula is C22H18Cl2O4. The highest BCUT2D eigenvalue weighted by Gasteiger charge is 2.18. The summed E-state index contributed by atoms with van der Waals surface area (Å²) >= 11 is 12.4. The Labute approximate surface area is 173 Å². The first-order valence-corrected chi connectivity index (χ1v) is 9.34. The molecule has 4 nitrogen and oxygen atoms in total. The number of carbonyl (C=O) groups is 1. The van der Waals surface area contributed by atoms with E-state index in [4.69, 9.17) is 32.7 Å². The Morgan fingerprint density at radius 1 is 0.821 bits per heavy atom. The number of aliphatic hydroxyl groups is 1. The van der Waals surface area contributed by atoms with Crippen molar-refractivity contribution in [3.63, 3.8) is 0 Å². The average Bonchev–Trinajstić information content (AvgIpc) is 2.72. The van der Waals surface area contributed by atoms with Crippen LogP contribution in [0.2, 0.25) is 10.0 Å². The molecule has 0 saturated heterocycles. The van der Waals surface area contributed by atoms with Crippen molar-refractivity contribution in [1.82, 2.24) is 0 Å². The fraction of sp³-hybridized carbons (Fsp3) is 0.136. The molecule has 0 heterocycles. The number of aldehydes is 1. The van der Waals surface area contributed by atoms with Crippen LogP contribution in [0.25, 0.3) is 0 Å². The maximum absolute atomic E-state index is 11.1. The van der Waals surface area contributed by atoms with Gasteiger partial charge in [-0.3, -0.25) is 0 Å². The topological polar surface area (TPSA) is 55.8 Å². The number of halogens is 2. The highest BCUT2D eigenvalue weighted by Crippen LogP contribution is 2.36. The third kappa shape index (κ3) is 4.84. The Balaban J connectivity index is 1.87. The number of para-hydroxylation sites is 1. The van der Waals surface area contributed by atoms with Crippen LogP contribution in [0.1, 0.15) is 22.8 Å². The second-order valence-electron chi connectivity index (χ2n) is 6.02. The minimum absolute atomic E-state index is 0.157. The lowest BCUT2D eigenvalue weighted by Gasteiger charge is -2.18. The molecule has 3 aromatic rings. The van der Waals surface area contributed by atoms with Gasteiger partial charge in [0.05, 0.1) is 0 Å². The largest absolute Gasteiger partial charge is 0.485 e. The molecule has 6 heteroatoms. The van der Waals surface area contributed by atoms with E-state index < -0.39 is 6.10 Å². The van der Waals surface area contributed by atoms with Gasteiger partial charge in [0, 0.05) is 26.7 Å². The molecule has 0 aliphatic heterocycles. The molecule has 1 atom stereocenters. The Morgan fingerprint density at radius 2 is 1.39 bits per heavy atom. The van der Waals surface area contributed by atoms with Crippen LogP contribution >= 0.6 is 23.2 Å². The molecule has 3 aromatic carbocycles. The summed E-state index contributed by atoms with van der Waals surface area (Å²) in [6.07, 6.45) is -0.889. The fourth-order valence-electron chi connectivity index (χ4n) is 2.64. The lowest BCUT2D eigenvalue weighted by Crippen LogP contribution is -2.07. The fourth-order valence-corrected chi connectivity index (χ4v) is 3.02. The molecule has 0 aliphatic carbocycles. The molecule has 1 N–H and O–H groups in total. The molecule has 28 heavy (non-hydrogen) atoms. The van der Waals surface area contributed by atoms with Gasteiger partial charge in [-0.2, -0.15) is 0 Å². The van der Waals surface area contributed by atoms with Crippen molar-refractivity contribution in [2.45, 2.75) is 19.3 Å². The highest BCUT2D eigenvalue weighted by molar-refractivity contribution is 6.31. The number of aliphatic hydroxyl groups excluding tert-OH is 1. The molecule has 0 aromatic heterocycles. The lowest BCUT2D eigenvalue weighted by molar-refractivity contribution is -0.115. The quantitative estimate of drug-likeness (QED) is 0.500. The number of hydrogen-bond donors (Lipinski definition) is 1. The predicted molar refractivity (Wildman–Crippen MR) is 109 cm³/mol. The number of rotatable bonds is 8. The van der Waals surface area contributed by atoms with Gasteiger partial charge in [0.15, 0.2) is 17.8 Å². The smallest absolute Gasteiger partial charge is 0.167 e. The molecular weight excluding hydrogens is 399 g/mol. The van der Waals surface area contributed by atoms with E-state index in [0.29, 0.717) is 27.6 Å². The molecule has 0 spiro atoms. The van der Waals surface area contributed by atoms with Crippen LogP contribution in [0.5, 0.6) is 11.5 Å². The monoisotopic (exact) mass is 416 g/mol. The van der Waals surface area contributed by atoms with Crippen molar-refractivity contribution in [2.24, 2.45) is 0 Å². The summed E-state index contributed by atoms with van der Waals surface area (Å²) < 4.78 is 11.8. The van der Waals surface area contributed by atoms with Crippen molar-refractivity contribution < 1.29 is 19.4 Å². The van der Waals surface area contributed by atoms with Crippen molar-refractivity contribution >= 4 is 29.5 Å². The first-order valence-electron chi connectivity index (χ1n) is 8.59. The zero-order valence-electron chi connectivity index (χ0n) is 14.8. The number of carbonyl (C=O) groups excluding carboxylic acids is 1. The first kappa shape index (κ1) is 20.2. The van der Waals surface area contributed by atoms with Gasteiger partial charge >= 0.3 is 0 Å². The molecule has 0 amide bonds. The standard InChI is InChI=1S/C22H18Cl2O4/c23-18-9-3-1-6-15(18)13-27-21-11-5-8-17(20(26)12-25)22(21)28-14-16-7-2-4-10-19(16)24/h1-12,20,26H,13-14H2/t20-/m1/s1. The van der Waals surface area contributed by atoms with Gasteiger partial charge in [-0.25, -0.2) is 0 Å². The van der Waals surface area contributed by atoms with Crippen LogP contribution in [-0.2, 0) is 18.0 Å². The second kappa shape index (κ2) is 9.60. The SMILES string of the molecule is O=C[C@@H](O)c1cccc(OCc2ccccc2Cl)c1OCc1ccccc1Cl. The Morgan fingerprint density at radius 3 is 1.96 bits per heavy atom. The zero-order chi connectivity index (χ0) is 19.9. The molecule has 0 unspecified atom stereocenters. The summed E-state index contributed by atoms with van der Waals surface area (Å²) in [5.74, 6) is 0.680.